The standard InChI is InChI=1S/C16H25NO2/c1-10-9-16-12-4-2-6-17(16)7-3-5-13(16)14(18)8-11(12)15(10)19/h10-14,18H,2-9H2,1H3/t10-,11-,12+,13+,14+,16+/m0/s1. The number of Topliss-reactive ketones (excluding diaryl/α,β-unsaturated/α-hetero) is 1. The summed E-state index contributed by atoms with van der Waals surface area (Å²) in [5.74, 6) is 1.77. The van der Waals surface area contributed by atoms with Crippen molar-refractivity contribution in [2.45, 2.75) is 57.1 Å². The van der Waals surface area contributed by atoms with Crippen molar-refractivity contribution in [2.24, 2.45) is 23.7 Å². The number of hydrogen-bond acceptors (Lipinski definition) is 3. The molecule has 1 N–H and O–H groups in total. The second-order valence-corrected chi connectivity index (χ2v) is 7.39. The molecule has 2 aliphatic carbocycles. The van der Waals surface area contributed by atoms with Crippen molar-refractivity contribution in [3.05, 3.63) is 0 Å². The largest absolute Gasteiger partial charge is 0.393 e. The van der Waals surface area contributed by atoms with Crippen LogP contribution in [0.15, 0.2) is 0 Å². The van der Waals surface area contributed by atoms with Crippen LogP contribution in [0.1, 0.15) is 45.4 Å². The molecule has 4 fully saturated rings. The monoisotopic (exact) mass is 263 g/mol. The van der Waals surface area contributed by atoms with E-state index in [1.807, 2.05) is 0 Å². The Balaban J connectivity index is 1.83. The molecule has 0 aromatic heterocycles. The first-order chi connectivity index (χ1) is 9.14. The van der Waals surface area contributed by atoms with Crippen molar-refractivity contribution in [3.63, 3.8) is 0 Å². The highest BCUT2D eigenvalue weighted by molar-refractivity contribution is 5.85. The maximum absolute atomic E-state index is 12.5. The summed E-state index contributed by atoms with van der Waals surface area (Å²) in [6, 6.07) is 0. The van der Waals surface area contributed by atoms with E-state index >= 15 is 0 Å². The lowest BCUT2D eigenvalue weighted by atomic mass is 9.48. The number of aliphatic hydroxyl groups excluding tert-OH is 1. The third-order valence-corrected chi connectivity index (χ3v) is 6.69. The third-order valence-electron chi connectivity index (χ3n) is 6.69. The van der Waals surface area contributed by atoms with Gasteiger partial charge in [-0.2, -0.15) is 0 Å². The number of piperidine rings is 2. The smallest absolute Gasteiger partial charge is 0.139 e. The zero-order valence-electron chi connectivity index (χ0n) is 11.8. The number of carbonyl (C=O) groups excluding carboxylic acids is 1. The van der Waals surface area contributed by atoms with E-state index < -0.39 is 0 Å². The van der Waals surface area contributed by atoms with Crippen molar-refractivity contribution in [2.75, 3.05) is 13.1 Å². The van der Waals surface area contributed by atoms with Gasteiger partial charge in [0.1, 0.15) is 5.78 Å². The van der Waals surface area contributed by atoms with Gasteiger partial charge in [-0.3, -0.25) is 9.69 Å². The summed E-state index contributed by atoms with van der Waals surface area (Å²) in [5.41, 5.74) is 0.173. The summed E-state index contributed by atoms with van der Waals surface area (Å²) < 4.78 is 0. The summed E-state index contributed by atoms with van der Waals surface area (Å²) in [5, 5.41) is 10.6. The summed E-state index contributed by atoms with van der Waals surface area (Å²) >= 11 is 0. The van der Waals surface area contributed by atoms with Crippen LogP contribution in [0.5, 0.6) is 0 Å². The topological polar surface area (TPSA) is 40.5 Å². The summed E-state index contributed by atoms with van der Waals surface area (Å²) in [6.45, 7) is 4.50. The molecule has 4 rings (SSSR count). The van der Waals surface area contributed by atoms with Crippen molar-refractivity contribution < 1.29 is 9.90 Å². The van der Waals surface area contributed by atoms with Gasteiger partial charge in [-0.1, -0.05) is 6.92 Å². The normalized spacial score (nSPS) is 53.8. The van der Waals surface area contributed by atoms with Gasteiger partial charge in [-0.15, -0.1) is 0 Å². The Hall–Kier alpha value is -0.410. The Morgan fingerprint density at radius 2 is 1.89 bits per heavy atom. The first-order valence-electron chi connectivity index (χ1n) is 8.11. The van der Waals surface area contributed by atoms with Crippen LogP contribution in [0, 0.1) is 23.7 Å². The number of nitrogens with zero attached hydrogens (tertiary/aromatic N) is 1. The van der Waals surface area contributed by atoms with Gasteiger partial charge in [0.05, 0.1) is 6.10 Å². The van der Waals surface area contributed by atoms with Gasteiger partial charge in [0.2, 0.25) is 0 Å². The zero-order chi connectivity index (χ0) is 13.2. The van der Waals surface area contributed by atoms with Crippen LogP contribution in [0.25, 0.3) is 0 Å². The fourth-order valence-corrected chi connectivity index (χ4v) is 6.14. The number of aliphatic hydroxyl groups is 1. The van der Waals surface area contributed by atoms with Gasteiger partial charge in [0, 0.05) is 23.3 Å². The Labute approximate surface area is 115 Å². The summed E-state index contributed by atoms with van der Waals surface area (Å²) in [7, 11) is 0. The molecule has 0 amide bonds. The molecule has 0 aromatic carbocycles. The molecule has 2 heterocycles. The second-order valence-electron chi connectivity index (χ2n) is 7.39. The van der Waals surface area contributed by atoms with E-state index in [2.05, 4.69) is 11.8 Å². The third kappa shape index (κ3) is 1.43. The van der Waals surface area contributed by atoms with Crippen LogP contribution in [-0.4, -0.2) is 40.5 Å². The van der Waals surface area contributed by atoms with Crippen LogP contribution in [0.2, 0.25) is 0 Å². The summed E-state index contributed by atoms with van der Waals surface area (Å²) in [4.78, 5) is 15.2. The number of carbonyl (C=O) groups is 1. The van der Waals surface area contributed by atoms with E-state index in [4.69, 9.17) is 0 Å². The van der Waals surface area contributed by atoms with Gasteiger partial charge in [-0.25, -0.2) is 0 Å². The van der Waals surface area contributed by atoms with E-state index in [1.165, 1.54) is 38.8 Å². The molecular weight excluding hydrogens is 238 g/mol. The van der Waals surface area contributed by atoms with Crippen molar-refractivity contribution >= 4 is 5.78 Å². The molecule has 2 aliphatic heterocycles. The average molecular weight is 263 g/mol. The molecular formula is C16H25NO2. The molecule has 3 heteroatoms. The first-order valence-corrected chi connectivity index (χ1v) is 8.11. The van der Waals surface area contributed by atoms with Gasteiger partial charge in [0.15, 0.2) is 0 Å². The van der Waals surface area contributed by atoms with Gasteiger partial charge in [0.25, 0.3) is 0 Å². The highest BCUT2D eigenvalue weighted by Crippen LogP contribution is 2.59. The molecule has 0 radical (unpaired) electrons. The Kier molecular flexibility index (Phi) is 2.63. The van der Waals surface area contributed by atoms with Gasteiger partial charge < -0.3 is 5.11 Å². The molecule has 0 aromatic rings. The minimum atomic E-state index is -0.237. The molecule has 3 nitrogen and oxygen atoms in total. The Morgan fingerprint density at radius 1 is 1.21 bits per heavy atom. The predicted molar refractivity (Wildman–Crippen MR) is 72.7 cm³/mol. The second kappa shape index (κ2) is 4.05. The minimum absolute atomic E-state index is 0.149. The van der Waals surface area contributed by atoms with Crippen molar-refractivity contribution in [3.8, 4) is 0 Å². The first kappa shape index (κ1) is 12.3. The molecule has 2 saturated carbocycles. The predicted octanol–water partition coefficient (Wildman–Crippen LogP) is 1.84. The maximum Gasteiger partial charge on any atom is 0.139 e. The van der Waals surface area contributed by atoms with Crippen molar-refractivity contribution in [1.82, 2.24) is 4.90 Å². The fourth-order valence-electron chi connectivity index (χ4n) is 6.14. The lowest BCUT2D eigenvalue weighted by Crippen LogP contribution is -2.73. The number of hydrogen-bond donors (Lipinski definition) is 1. The minimum Gasteiger partial charge on any atom is -0.393 e. The Morgan fingerprint density at radius 3 is 2.63 bits per heavy atom. The van der Waals surface area contributed by atoms with Crippen molar-refractivity contribution in [1.29, 1.82) is 0 Å². The SMILES string of the molecule is C[C@H]1C[C@@]23[C@@H]4CCCN2CCC[C@@H]3[C@H](C[C@H]4O)C1=O. The molecule has 2 saturated heterocycles. The van der Waals surface area contributed by atoms with E-state index in [-0.39, 0.29) is 23.5 Å². The lowest BCUT2D eigenvalue weighted by Gasteiger charge is -2.67. The van der Waals surface area contributed by atoms with Crippen LogP contribution in [0.3, 0.4) is 0 Å². The van der Waals surface area contributed by atoms with E-state index in [0.717, 1.165) is 12.8 Å². The van der Waals surface area contributed by atoms with Crippen LogP contribution in [0.4, 0.5) is 0 Å². The molecule has 19 heavy (non-hydrogen) atoms. The molecule has 6 atom stereocenters. The zero-order valence-corrected chi connectivity index (χ0v) is 11.8. The summed E-state index contributed by atoms with van der Waals surface area (Å²) in [6.07, 6.45) is 6.36. The molecule has 2 bridgehead atoms. The van der Waals surface area contributed by atoms with E-state index in [9.17, 15) is 9.90 Å². The molecule has 0 unspecified atom stereocenters. The average Bonchev–Trinajstić information content (AvgIpc) is 2.40. The quantitative estimate of drug-likeness (QED) is 0.725. The van der Waals surface area contributed by atoms with E-state index in [1.54, 1.807) is 0 Å². The molecule has 4 aliphatic rings. The molecule has 106 valence electrons. The Bertz CT molecular complexity index is 408. The lowest BCUT2D eigenvalue weighted by molar-refractivity contribution is -0.196. The van der Waals surface area contributed by atoms with Crippen LogP contribution in [-0.2, 0) is 4.79 Å². The van der Waals surface area contributed by atoms with Crippen LogP contribution < -0.4 is 0 Å². The van der Waals surface area contributed by atoms with E-state index in [0.29, 0.717) is 17.6 Å². The fraction of sp³-hybridized carbons (Fsp3) is 0.938. The molecule has 1 spiro atoms. The number of ketones is 1. The highest BCUT2D eigenvalue weighted by Gasteiger charge is 2.64. The van der Waals surface area contributed by atoms with Gasteiger partial charge >= 0.3 is 0 Å². The maximum atomic E-state index is 12.5. The van der Waals surface area contributed by atoms with Gasteiger partial charge in [-0.05, 0) is 57.5 Å². The highest BCUT2D eigenvalue weighted by atomic mass is 16.3. The van der Waals surface area contributed by atoms with Crippen LogP contribution >= 0.6 is 0 Å². The number of rotatable bonds is 0.